The summed E-state index contributed by atoms with van der Waals surface area (Å²) in [5.74, 6) is -0.567. The molecular formula is C17H28N2O3S. The fourth-order valence-corrected chi connectivity index (χ4v) is 3.48. The average Bonchev–Trinajstić information content (AvgIpc) is 2.83. The summed E-state index contributed by atoms with van der Waals surface area (Å²) in [4.78, 5) is 4.44. The standard InChI is InChI=1S/C17H28N2O3S/c1-12(13-9-7-8-10-18-13)15(19-23(20)16(2,3)4)14-11-21-17(5,6)22-14/h7-10,12,14-15,19H,11H2,1-6H3/t12?,14-,15+,23?/m0/s1. The number of hydrogen-bond acceptors (Lipinski definition) is 4. The van der Waals surface area contributed by atoms with Crippen LogP contribution in [0, 0.1) is 0 Å². The Kier molecular flexibility index (Phi) is 5.61. The van der Waals surface area contributed by atoms with Crippen LogP contribution in [-0.4, -0.2) is 38.5 Å². The van der Waals surface area contributed by atoms with E-state index in [1.807, 2.05) is 52.8 Å². The van der Waals surface area contributed by atoms with Gasteiger partial charge in [0.1, 0.15) is 6.10 Å². The van der Waals surface area contributed by atoms with Crippen LogP contribution >= 0.6 is 0 Å². The Bertz CT molecular complexity index is 543. The first-order chi connectivity index (χ1) is 10.6. The van der Waals surface area contributed by atoms with Crippen molar-refractivity contribution >= 4 is 11.0 Å². The van der Waals surface area contributed by atoms with Crippen molar-refractivity contribution in [3.63, 3.8) is 0 Å². The summed E-state index contributed by atoms with van der Waals surface area (Å²) in [6, 6.07) is 5.70. The lowest BCUT2D eigenvalue weighted by molar-refractivity contribution is -0.141. The minimum atomic E-state index is -1.20. The molecule has 1 aromatic heterocycles. The van der Waals surface area contributed by atoms with Crippen molar-refractivity contribution in [2.45, 2.75) is 70.1 Å². The topological polar surface area (TPSA) is 60.5 Å². The normalized spacial score (nSPS) is 25.0. The first-order valence-corrected chi connectivity index (χ1v) is 9.16. The maximum Gasteiger partial charge on any atom is 0.163 e. The molecule has 0 spiro atoms. The molecule has 0 amide bonds. The molecule has 130 valence electrons. The molecule has 1 aliphatic heterocycles. The predicted octanol–water partition coefficient (Wildman–Crippen LogP) is 2.76. The number of hydrogen-bond donors (Lipinski definition) is 1. The molecule has 1 aromatic rings. The van der Waals surface area contributed by atoms with Crippen LogP contribution in [0.2, 0.25) is 0 Å². The van der Waals surface area contributed by atoms with E-state index in [2.05, 4.69) is 16.6 Å². The fourth-order valence-electron chi connectivity index (χ4n) is 2.52. The lowest BCUT2D eigenvalue weighted by atomic mass is 9.94. The zero-order valence-electron chi connectivity index (χ0n) is 14.8. The second kappa shape index (κ2) is 6.97. The van der Waals surface area contributed by atoms with Crippen LogP contribution in [0.25, 0.3) is 0 Å². The summed E-state index contributed by atoms with van der Waals surface area (Å²) in [5.41, 5.74) is 0.948. The molecule has 4 atom stereocenters. The van der Waals surface area contributed by atoms with Gasteiger partial charge in [-0.05, 0) is 46.8 Å². The second-order valence-electron chi connectivity index (χ2n) is 7.44. The van der Waals surface area contributed by atoms with Crippen LogP contribution in [0.4, 0.5) is 0 Å². The van der Waals surface area contributed by atoms with Crippen molar-refractivity contribution in [2.75, 3.05) is 6.61 Å². The molecule has 1 saturated heterocycles. The largest absolute Gasteiger partial charge is 0.348 e. The van der Waals surface area contributed by atoms with Crippen LogP contribution in [0.15, 0.2) is 24.4 Å². The Morgan fingerprint density at radius 1 is 1.39 bits per heavy atom. The molecule has 1 fully saturated rings. The predicted molar refractivity (Wildman–Crippen MR) is 92.4 cm³/mol. The number of nitrogens with zero attached hydrogens (tertiary/aromatic N) is 1. The molecule has 23 heavy (non-hydrogen) atoms. The molecule has 0 bridgehead atoms. The zero-order valence-corrected chi connectivity index (χ0v) is 15.6. The molecule has 5 nitrogen and oxygen atoms in total. The smallest absolute Gasteiger partial charge is 0.163 e. The molecule has 0 radical (unpaired) electrons. The van der Waals surface area contributed by atoms with Gasteiger partial charge in [0.2, 0.25) is 0 Å². The van der Waals surface area contributed by atoms with E-state index < -0.39 is 16.8 Å². The highest BCUT2D eigenvalue weighted by atomic mass is 32.2. The van der Waals surface area contributed by atoms with Crippen LogP contribution in [0.1, 0.15) is 53.2 Å². The molecule has 2 rings (SSSR count). The van der Waals surface area contributed by atoms with Gasteiger partial charge in [0.05, 0.1) is 28.4 Å². The van der Waals surface area contributed by atoms with E-state index >= 15 is 0 Å². The molecule has 0 saturated carbocycles. The van der Waals surface area contributed by atoms with Gasteiger partial charge >= 0.3 is 0 Å². The van der Waals surface area contributed by atoms with Crippen molar-refractivity contribution in [3.05, 3.63) is 30.1 Å². The van der Waals surface area contributed by atoms with Crippen LogP contribution < -0.4 is 4.72 Å². The van der Waals surface area contributed by atoms with Gasteiger partial charge in [-0.2, -0.15) is 0 Å². The summed E-state index contributed by atoms with van der Waals surface area (Å²) >= 11 is 0. The van der Waals surface area contributed by atoms with E-state index in [1.165, 1.54) is 0 Å². The number of ether oxygens (including phenoxy) is 2. The zero-order chi connectivity index (χ0) is 17.3. The lowest BCUT2D eigenvalue weighted by Crippen LogP contribution is -2.49. The summed E-state index contributed by atoms with van der Waals surface area (Å²) in [5, 5.41) is 0. The number of pyridine rings is 1. The molecule has 1 N–H and O–H groups in total. The van der Waals surface area contributed by atoms with E-state index in [0.29, 0.717) is 6.61 Å². The summed E-state index contributed by atoms with van der Waals surface area (Å²) in [6.45, 7) is 12.2. The van der Waals surface area contributed by atoms with Gasteiger partial charge in [-0.3, -0.25) is 4.98 Å². The highest BCUT2D eigenvalue weighted by Crippen LogP contribution is 2.30. The highest BCUT2D eigenvalue weighted by Gasteiger charge is 2.41. The number of aromatic nitrogens is 1. The third-order valence-corrected chi connectivity index (χ3v) is 5.52. The van der Waals surface area contributed by atoms with Crippen molar-refractivity contribution in [2.24, 2.45) is 0 Å². The van der Waals surface area contributed by atoms with Crippen molar-refractivity contribution in [3.8, 4) is 0 Å². The minimum Gasteiger partial charge on any atom is -0.348 e. The first-order valence-electron chi connectivity index (χ1n) is 8.01. The maximum absolute atomic E-state index is 12.6. The monoisotopic (exact) mass is 340 g/mol. The van der Waals surface area contributed by atoms with E-state index in [0.717, 1.165) is 5.69 Å². The first kappa shape index (κ1) is 18.5. The molecule has 0 aromatic carbocycles. The van der Waals surface area contributed by atoms with Gasteiger partial charge < -0.3 is 9.47 Å². The number of rotatable bonds is 5. The van der Waals surface area contributed by atoms with Crippen LogP contribution in [0.3, 0.4) is 0 Å². The molecule has 2 unspecified atom stereocenters. The molecule has 6 heteroatoms. The fraction of sp³-hybridized carbons (Fsp3) is 0.706. The minimum absolute atomic E-state index is 0.0463. The molecular weight excluding hydrogens is 312 g/mol. The van der Waals surface area contributed by atoms with Crippen LogP contribution in [0.5, 0.6) is 0 Å². The lowest BCUT2D eigenvalue weighted by Gasteiger charge is -2.32. The Balaban J connectivity index is 2.23. The van der Waals surface area contributed by atoms with Crippen molar-refractivity contribution in [1.29, 1.82) is 0 Å². The van der Waals surface area contributed by atoms with Gasteiger partial charge in [-0.1, -0.05) is 13.0 Å². The van der Waals surface area contributed by atoms with Gasteiger partial charge in [-0.15, -0.1) is 0 Å². The molecule has 2 heterocycles. The van der Waals surface area contributed by atoms with Crippen molar-refractivity contribution in [1.82, 2.24) is 9.71 Å². The third kappa shape index (κ3) is 4.83. The SMILES string of the molecule is CC(c1ccccn1)[C@@H](NS(=O)C(C)(C)C)[C@@H]1COC(C)(C)O1. The quantitative estimate of drug-likeness (QED) is 0.895. The summed E-state index contributed by atoms with van der Waals surface area (Å²) in [7, 11) is -1.20. The van der Waals surface area contributed by atoms with Gasteiger partial charge in [0.15, 0.2) is 5.79 Å². The maximum atomic E-state index is 12.6. The second-order valence-corrected chi connectivity index (χ2v) is 9.43. The highest BCUT2D eigenvalue weighted by molar-refractivity contribution is 7.84. The number of nitrogens with one attached hydrogen (secondary N) is 1. The van der Waals surface area contributed by atoms with Crippen molar-refractivity contribution < 1.29 is 13.7 Å². The third-order valence-electron chi connectivity index (χ3n) is 3.92. The van der Waals surface area contributed by atoms with E-state index in [-0.39, 0.29) is 22.8 Å². The average molecular weight is 340 g/mol. The molecule has 0 aliphatic carbocycles. The Labute approximate surface area is 141 Å². The van der Waals surface area contributed by atoms with E-state index in [4.69, 9.17) is 9.47 Å². The Morgan fingerprint density at radius 3 is 2.57 bits per heavy atom. The Morgan fingerprint density at radius 2 is 2.09 bits per heavy atom. The van der Waals surface area contributed by atoms with Crippen LogP contribution in [-0.2, 0) is 20.5 Å². The van der Waals surface area contributed by atoms with E-state index in [9.17, 15) is 4.21 Å². The summed E-state index contributed by atoms with van der Waals surface area (Å²) < 4.78 is 27.2. The Hall–Kier alpha value is -0.820. The van der Waals surface area contributed by atoms with E-state index in [1.54, 1.807) is 6.20 Å². The summed E-state index contributed by atoms with van der Waals surface area (Å²) in [6.07, 6.45) is 1.60. The van der Waals surface area contributed by atoms with Gasteiger partial charge in [0, 0.05) is 17.8 Å². The van der Waals surface area contributed by atoms with Gasteiger partial charge in [0.25, 0.3) is 0 Å². The molecule has 1 aliphatic rings. The van der Waals surface area contributed by atoms with Gasteiger partial charge in [-0.25, -0.2) is 8.93 Å².